The minimum atomic E-state index is 0.921. The van der Waals surface area contributed by atoms with E-state index in [1.807, 2.05) is 0 Å². The lowest BCUT2D eigenvalue weighted by molar-refractivity contribution is 1.18. The maximum Gasteiger partial charge on any atom is 0.0464 e. The van der Waals surface area contributed by atoms with Gasteiger partial charge >= 0.3 is 0 Å². The molecule has 0 aliphatic rings. The van der Waals surface area contributed by atoms with Gasteiger partial charge in [0.2, 0.25) is 0 Å². The second-order valence-corrected chi connectivity index (χ2v) is 7.92. The van der Waals surface area contributed by atoms with E-state index in [0.717, 1.165) is 23.5 Å². The second-order valence-electron chi connectivity index (χ2n) is 7.92. The number of anilines is 3. The zero-order valence-corrected chi connectivity index (χ0v) is 17.9. The molecule has 0 spiro atoms. The molecule has 0 saturated heterocycles. The van der Waals surface area contributed by atoms with Gasteiger partial charge in [0.25, 0.3) is 0 Å². The van der Waals surface area contributed by atoms with Crippen molar-refractivity contribution in [3.8, 4) is 11.1 Å². The number of nitrogens with zero attached hydrogens (tertiary/aromatic N) is 1. The van der Waals surface area contributed by atoms with E-state index in [-0.39, 0.29) is 0 Å². The number of benzene rings is 5. The number of rotatable bonds is 6. The Bertz CT molecular complexity index is 1260. The average Bonchev–Trinajstić information content (AvgIpc) is 2.87. The molecule has 0 saturated carbocycles. The smallest absolute Gasteiger partial charge is 0.0464 e. The molecule has 0 fully saturated rings. The van der Waals surface area contributed by atoms with Crippen LogP contribution in [0.15, 0.2) is 140 Å². The second kappa shape index (κ2) is 9.36. The fraction of sp³-hybridized carbons (Fsp3) is 0.0323. The van der Waals surface area contributed by atoms with Crippen LogP contribution in [-0.2, 0) is 6.42 Å². The fourth-order valence-electron chi connectivity index (χ4n) is 4.09. The maximum absolute atomic E-state index is 2.32. The molecule has 1 heteroatoms. The first-order chi connectivity index (χ1) is 15.9. The van der Waals surface area contributed by atoms with Gasteiger partial charge in [-0.15, -0.1) is 0 Å². The summed E-state index contributed by atoms with van der Waals surface area (Å²) < 4.78 is 0. The van der Waals surface area contributed by atoms with Gasteiger partial charge in [-0.1, -0.05) is 103 Å². The molecule has 0 heterocycles. The Morgan fingerprint density at radius 1 is 0.375 bits per heavy atom. The van der Waals surface area contributed by atoms with Gasteiger partial charge in [-0.3, -0.25) is 0 Å². The van der Waals surface area contributed by atoms with Gasteiger partial charge < -0.3 is 4.90 Å². The van der Waals surface area contributed by atoms with Crippen LogP contribution in [-0.4, -0.2) is 0 Å². The minimum Gasteiger partial charge on any atom is -0.310 e. The summed E-state index contributed by atoms with van der Waals surface area (Å²) in [7, 11) is 0. The van der Waals surface area contributed by atoms with Crippen molar-refractivity contribution < 1.29 is 0 Å². The standard InChI is InChI=1S/C31H25N/c1-4-11-25(12-5-1)23-26-13-10-18-31(24-26)32(29-16-8-3-9-17-29)30-21-19-28(20-22-30)27-14-6-2-7-15-27/h1-22,24H,23H2. The van der Waals surface area contributed by atoms with E-state index in [2.05, 4.69) is 144 Å². The maximum atomic E-state index is 2.32. The molecular formula is C31H25N. The van der Waals surface area contributed by atoms with E-state index in [1.165, 1.54) is 22.3 Å². The molecule has 5 aromatic rings. The summed E-state index contributed by atoms with van der Waals surface area (Å²) in [5, 5.41) is 0. The van der Waals surface area contributed by atoms with E-state index in [0.29, 0.717) is 0 Å². The molecule has 154 valence electrons. The number of para-hydroxylation sites is 1. The largest absolute Gasteiger partial charge is 0.310 e. The first-order valence-electron chi connectivity index (χ1n) is 11.0. The van der Waals surface area contributed by atoms with Gasteiger partial charge in [-0.05, 0) is 65.1 Å². The van der Waals surface area contributed by atoms with Crippen LogP contribution in [0.3, 0.4) is 0 Å². The normalized spacial score (nSPS) is 10.6. The summed E-state index contributed by atoms with van der Waals surface area (Å²) in [4.78, 5) is 2.32. The molecule has 0 unspecified atom stereocenters. The zero-order chi connectivity index (χ0) is 21.6. The number of hydrogen-bond donors (Lipinski definition) is 0. The van der Waals surface area contributed by atoms with Crippen LogP contribution in [0, 0.1) is 0 Å². The molecule has 32 heavy (non-hydrogen) atoms. The Balaban J connectivity index is 1.52. The van der Waals surface area contributed by atoms with E-state index in [1.54, 1.807) is 0 Å². The van der Waals surface area contributed by atoms with Crippen molar-refractivity contribution in [2.75, 3.05) is 4.90 Å². The van der Waals surface area contributed by atoms with Crippen LogP contribution in [0.25, 0.3) is 11.1 Å². The third kappa shape index (κ3) is 4.48. The Labute approximate surface area is 190 Å². The zero-order valence-electron chi connectivity index (χ0n) is 17.9. The molecule has 1 nitrogen and oxygen atoms in total. The molecule has 0 N–H and O–H groups in total. The van der Waals surface area contributed by atoms with Crippen LogP contribution < -0.4 is 4.90 Å². The minimum absolute atomic E-state index is 0.921. The Hall–Kier alpha value is -4.10. The van der Waals surface area contributed by atoms with E-state index in [4.69, 9.17) is 0 Å². The highest BCUT2D eigenvalue weighted by molar-refractivity contribution is 5.78. The Morgan fingerprint density at radius 3 is 1.56 bits per heavy atom. The highest BCUT2D eigenvalue weighted by atomic mass is 15.1. The third-order valence-electron chi connectivity index (χ3n) is 5.67. The van der Waals surface area contributed by atoms with Crippen molar-refractivity contribution in [1.29, 1.82) is 0 Å². The summed E-state index contributed by atoms with van der Waals surface area (Å²) in [5.41, 5.74) is 8.54. The van der Waals surface area contributed by atoms with Gasteiger partial charge in [0, 0.05) is 17.1 Å². The monoisotopic (exact) mass is 411 g/mol. The topological polar surface area (TPSA) is 3.24 Å². The summed E-state index contributed by atoms with van der Waals surface area (Å²) in [6.07, 6.45) is 0.921. The molecule has 0 aromatic heterocycles. The fourth-order valence-corrected chi connectivity index (χ4v) is 4.09. The van der Waals surface area contributed by atoms with E-state index < -0.39 is 0 Å². The summed E-state index contributed by atoms with van der Waals surface area (Å²) >= 11 is 0. The lowest BCUT2D eigenvalue weighted by Crippen LogP contribution is -2.10. The Morgan fingerprint density at radius 2 is 0.875 bits per heavy atom. The predicted molar refractivity (Wildman–Crippen MR) is 136 cm³/mol. The van der Waals surface area contributed by atoms with Crippen LogP contribution in [0.5, 0.6) is 0 Å². The van der Waals surface area contributed by atoms with Crippen molar-refractivity contribution in [2.24, 2.45) is 0 Å². The first-order valence-corrected chi connectivity index (χ1v) is 11.0. The highest BCUT2D eigenvalue weighted by Crippen LogP contribution is 2.36. The molecule has 5 aromatic carbocycles. The molecule has 0 atom stereocenters. The van der Waals surface area contributed by atoms with E-state index in [9.17, 15) is 0 Å². The van der Waals surface area contributed by atoms with E-state index >= 15 is 0 Å². The first kappa shape index (κ1) is 19.8. The molecule has 0 bridgehead atoms. The summed E-state index contributed by atoms with van der Waals surface area (Å²) in [6.45, 7) is 0. The molecule has 0 aliphatic carbocycles. The van der Waals surface area contributed by atoms with Crippen molar-refractivity contribution in [1.82, 2.24) is 0 Å². The van der Waals surface area contributed by atoms with Crippen LogP contribution in [0.4, 0.5) is 17.1 Å². The molecule has 5 rings (SSSR count). The third-order valence-corrected chi connectivity index (χ3v) is 5.67. The molecule has 0 radical (unpaired) electrons. The van der Waals surface area contributed by atoms with Gasteiger partial charge in [0.1, 0.15) is 0 Å². The molecular weight excluding hydrogens is 386 g/mol. The van der Waals surface area contributed by atoms with Gasteiger partial charge in [-0.2, -0.15) is 0 Å². The van der Waals surface area contributed by atoms with Crippen LogP contribution in [0.2, 0.25) is 0 Å². The van der Waals surface area contributed by atoms with Gasteiger partial charge in [0.15, 0.2) is 0 Å². The van der Waals surface area contributed by atoms with Crippen LogP contribution >= 0.6 is 0 Å². The summed E-state index contributed by atoms with van der Waals surface area (Å²) in [5.74, 6) is 0. The SMILES string of the molecule is c1ccc(Cc2cccc(N(c3ccccc3)c3ccc(-c4ccccc4)cc3)c2)cc1. The Kier molecular flexibility index (Phi) is 5.80. The van der Waals surface area contributed by atoms with Crippen molar-refractivity contribution in [3.63, 3.8) is 0 Å². The predicted octanol–water partition coefficient (Wildman–Crippen LogP) is 8.41. The highest BCUT2D eigenvalue weighted by Gasteiger charge is 2.13. The van der Waals surface area contributed by atoms with Crippen LogP contribution in [0.1, 0.15) is 11.1 Å². The van der Waals surface area contributed by atoms with Crippen molar-refractivity contribution in [2.45, 2.75) is 6.42 Å². The molecule has 0 aliphatic heterocycles. The summed E-state index contributed by atoms with van der Waals surface area (Å²) in [6, 6.07) is 49.4. The van der Waals surface area contributed by atoms with Crippen molar-refractivity contribution in [3.05, 3.63) is 151 Å². The lowest BCUT2D eigenvalue weighted by Gasteiger charge is -2.26. The lowest BCUT2D eigenvalue weighted by atomic mass is 10.0. The number of hydrogen-bond acceptors (Lipinski definition) is 1. The van der Waals surface area contributed by atoms with Gasteiger partial charge in [-0.25, -0.2) is 0 Å². The van der Waals surface area contributed by atoms with Gasteiger partial charge in [0.05, 0.1) is 0 Å². The average molecular weight is 412 g/mol. The quantitative estimate of drug-likeness (QED) is 0.271. The molecule has 0 amide bonds. The van der Waals surface area contributed by atoms with Crippen molar-refractivity contribution >= 4 is 17.1 Å².